The molecule has 0 aliphatic heterocycles. The molecule has 0 atom stereocenters. The first kappa shape index (κ1) is 23.4. The molecule has 2 aromatic carbocycles. The van der Waals surface area contributed by atoms with Crippen molar-refractivity contribution in [1.82, 2.24) is 0 Å². The van der Waals surface area contributed by atoms with E-state index >= 15 is 0 Å². The van der Waals surface area contributed by atoms with E-state index in [0.717, 1.165) is 11.1 Å². The molecule has 162 valence electrons. The quantitative estimate of drug-likeness (QED) is 0.321. The fourth-order valence-corrected chi connectivity index (χ4v) is 2.76. The highest BCUT2D eigenvalue weighted by atomic mass is 16.5. The molecule has 0 saturated carbocycles. The number of aromatic hydroxyl groups is 1. The summed E-state index contributed by atoms with van der Waals surface area (Å²) in [5, 5.41) is 19.2. The van der Waals surface area contributed by atoms with Crippen molar-refractivity contribution in [3.63, 3.8) is 0 Å². The number of para-hydroxylation sites is 1. The Hall–Kier alpha value is -2.89. The fraction of sp³-hybridized carbons (Fsp3) is 0.458. The first-order valence-corrected chi connectivity index (χ1v) is 10.3. The van der Waals surface area contributed by atoms with Crippen molar-refractivity contribution in [2.24, 2.45) is 15.6 Å². The maximum absolute atomic E-state index is 12.2. The predicted molar refractivity (Wildman–Crippen MR) is 121 cm³/mol. The van der Waals surface area contributed by atoms with Crippen molar-refractivity contribution < 1.29 is 14.6 Å². The van der Waals surface area contributed by atoms with E-state index in [1.165, 1.54) is 0 Å². The molecule has 2 rings (SSSR count). The van der Waals surface area contributed by atoms with Crippen molar-refractivity contribution in [2.75, 3.05) is 12.3 Å². The molecular formula is C24H33N3O3. The third-order valence-corrected chi connectivity index (χ3v) is 5.22. The molecule has 0 unspecified atom stereocenters. The number of nitrogens with two attached hydrogens (primary N) is 1. The summed E-state index contributed by atoms with van der Waals surface area (Å²) in [4.78, 5) is 12.2. The van der Waals surface area contributed by atoms with Gasteiger partial charge in [0.05, 0.1) is 17.7 Å². The van der Waals surface area contributed by atoms with E-state index in [2.05, 4.69) is 10.2 Å². The standard InChI is InChI=1S/C24H33N3O3/c1-7-24(5,6)22(29)30-13-12-16-14-17(23(2,3)4)21(28)20(15-16)27-26-19-11-9-8-10-18(19)25/h8-11,14-15,28H,7,12-13,25H2,1-6H3. The second-order valence-electron chi connectivity index (χ2n) is 9.14. The summed E-state index contributed by atoms with van der Waals surface area (Å²) in [7, 11) is 0. The Balaban J connectivity index is 2.30. The molecule has 6 nitrogen and oxygen atoms in total. The Morgan fingerprint density at radius 1 is 1.07 bits per heavy atom. The van der Waals surface area contributed by atoms with Gasteiger partial charge >= 0.3 is 5.97 Å². The molecular weight excluding hydrogens is 378 g/mol. The van der Waals surface area contributed by atoms with E-state index in [4.69, 9.17) is 10.5 Å². The monoisotopic (exact) mass is 411 g/mol. The molecule has 0 aromatic heterocycles. The van der Waals surface area contributed by atoms with Crippen LogP contribution in [0.4, 0.5) is 17.1 Å². The number of nitrogens with zero attached hydrogens (tertiary/aromatic N) is 2. The Morgan fingerprint density at radius 3 is 2.30 bits per heavy atom. The van der Waals surface area contributed by atoms with Crippen molar-refractivity contribution in [3.05, 3.63) is 47.5 Å². The van der Waals surface area contributed by atoms with Gasteiger partial charge in [0.2, 0.25) is 0 Å². The number of hydrogen-bond donors (Lipinski definition) is 2. The average molecular weight is 412 g/mol. The first-order valence-electron chi connectivity index (χ1n) is 10.3. The number of phenols is 1. The summed E-state index contributed by atoms with van der Waals surface area (Å²) in [6, 6.07) is 10.9. The molecule has 30 heavy (non-hydrogen) atoms. The number of rotatable bonds is 7. The van der Waals surface area contributed by atoms with Crippen LogP contribution in [0.15, 0.2) is 46.6 Å². The van der Waals surface area contributed by atoms with Crippen LogP contribution in [0, 0.1) is 5.41 Å². The van der Waals surface area contributed by atoms with Gasteiger partial charge in [-0.3, -0.25) is 4.79 Å². The Labute approximate surface area is 179 Å². The Bertz CT molecular complexity index is 928. The molecule has 0 fully saturated rings. The number of phenolic OH excluding ortho intramolecular Hbond substituents is 1. The maximum atomic E-state index is 12.2. The van der Waals surface area contributed by atoms with Crippen molar-refractivity contribution >= 4 is 23.0 Å². The molecule has 0 saturated heterocycles. The van der Waals surface area contributed by atoms with E-state index in [0.29, 0.717) is 29.9 Å². The average Bonchev–Trinajstić information content (AvgIpc) is 2.68. The molecule has 0 heterocycles. The summed E-state index contributed by atoms with van der Waals surface area (Å²) in [5.41, 5.74) is 8.22. The van der Waals surface area contributed by atoms with Crippen LogP contribution in [0.3, 0.4) is 0 Å². The lowest BCUT2D eigenvalue weighted by Gasteiger charge is -2.23. The van der Waals surface area contributed by atoms with E-state index < -0.39 is 5.41 Å². The van der Waals surface area contributed by atoms with Crippen LogP contribution in [0.1, 0.15) is 59.1 Å². The lowest BCUT2D eigenvalue weighted by Crippen LogP contribution is -2.26. The van der Waals surface area contributed by atoms with Gasteiger partial charge < -0.3 is 15.6 Å². The Morgan fingerprint density at radius 2 is 1.70 bits per heavy atom. The topological polar surface area (TPSA) is 97.3 Å². The smallest absolute Gasteiger partial charge is 0.311 e. The van der Waals surface area contributed by atoms with Crippen LogP contribution < -0.4 is 5.73 Å². The number of esters is 1. The van der Waals surface area contributed by atoms with Crippen LogP contribution in [0.5, 0.6) is 5.75 Å². The van der Waals surface area contributed by atoms with Gasteiger partial charge in [-0.2, -0.15) is 0 Å². The van der Waals surface area contributed by atoms with Crippen LogP contribution in [-0.4, -0.2) is 17.7 Å². The largest absolute Gasteiger partial charge is 0.505 e. The van der Waals surface area contributed by atoms with Gasteiger partial charge in [-0.05, 0) is 49.4 Å². The second-order valence-corrected chi connectivity index (χ2v) is 9.14. The van der Waals surface area contributed by atoms with E-state index in [9.17, 15) is 9.90 Å². The lowest BCUT2D eigenvalue weighted by molar-refractivity contribution is -0.154. The molecule has 0 aliphatic rings. The molecule has 3 N–H and O–H groups in total. The van der Waals surface area contributed by atoms with Crippen LogP contribution >= 0.6 is 0 Å². The number of hydrogen-bond acceptors (Lipinski definition) is 6. The second kappa shape index (κ2) is 9.28. The van der Waals surface area contributed by atoms with Crippen LogP contribution in [0.25, 0.3) is 0 Å². The maximum Gasteiger partial charge on any atom is 0.311 e. The summed E-state index contributed by atoms with van der Waals surface area (Å²) < 4.78 is 5.47. The molecule has 0 radical (unpaired) electrons. The summed E-state index contributed by atoms with van der Waals surface area (Å²) >= 11 is 0. The van der Waals surface area contributed by atoms with Gasteiger partial charge in [0, 0.05) is 12.0 Å². The molecule has 0 bridgehead atoms. The number of azo groups is 1. The molecule has 2 aromatic rings. The highest BCUT2D eigenvalue weighted by molar-refractivity contribution is 5.75. The van der Waals surface area contributed by atoms with E-state index in [1.54, 1.807) is 18.2 Å². The van der Waals surface area contributed by atoms with Gasteiger partial charge in [0.15, 0.2) is 0 Å². The minimum Gasteiger partial charge on any atom is -0.505 e. The fourth-order valence-electron chi connectivity index (χ4n) is 2.76. The number of carbonyl (C=O) groups is 1. The van der Waals surface area contributed by atoms with Crippen molar-refractivity contribution in [1.29, 1.82) is 0 Å². The zero-order chi connectivity index (χ0) is 22.5. The summed E-state index contributed by atoms with van der Waals surface area (Å²) in [5.74, 6) is -0.118. The van der Waals surface area contributed by atoms with Crippen LogP contribution in [-0.2, 0) is 21.4 Å². The highest BCUT2D eigenvalue weighted by Crippen LogP contribution is 2.40. The summed E-state index contributed by atoms with van der Waals surface area (Å²) in [6.45, 7) is 12.0. The molecule has 0 spiro atoms. The number of carbonyl (C=O) groups excluding carboxylic acids is 1. The van der Waals surface area contributed by atoms with Gasteiger partial charge in [-0.1, -0.05) is 45.9 Å². The third-order valence-electron chi connectivity index (χ3n) is 5.22. The molecule has 6 heteroatoms. The van der Waals surface area contributed by atoms with Gasteiger partial charge in [0.1, 0.15) is 17.1 Å². The zero-order valence-electron chi connectivity index (χ0n) is 18.8. The molecule has 0 aliphatic carbocycles. The Kier molecular flexibility index (Phi) is 7.24. The van der Waals surface area contributed by atoms with Gasteiger partial charge in [0.25, 0.3) is 0 Å². The van der Waals surface area contributed by atoms with Gasteiger partial charge in [-0.15, -0.1) is 10.2 Å². The SMILES string of the molecule is CCC(C)(C)C(=O)OCCc1cc(N=Nc2ccccc2N)c(O)c(C(C)(C)C)c1. The van der Waals surface area contributed by atoms with Crippen LogP contribution in [0.2, 0.25) is 0 Å². The number of ether oxygens (including phenoxy) is 1. The first-order chi connectivity index (χ1) is 14.0. The molecule has 0 amide bonds. The van der Waals surface area contributed by atoms with Crippen molar-refractivity contribution in [3.8, 4) is 5.75 Å². The summed E-state index contributed by atoms with van der Waals surface area (Å²) in [6.07, 6.45) is 1.23. The van der Waals surface area contributed by atoms with Gasteiger partial charge in [-0.25, -0.2) is 0 Å². The number of anilines is 1. The van der Waals surface area contributed by atoms with E-state index in [-0.39, 0.29) is 23.7 Å². The highest BCUT2D eigenvalue weighted by Gasteiger charge is 2.27. The minimum atomic E-state index is -0.499. The minimum absolute atomic E-state index is 0.0913. The van der Waals surface area contributed by atoms with Crippen molar-refractivity contribution in [2.45, 2.75) is 59.8 Å². The number of nitrogen functional groups attached to an aromatic ring is 1. The zero-order valence-corrected chi connectivity index (χ0v) is 18.8. The third kappa shape index (κ3) is 5.81. The van der Waals surface area contributed by atoms with E-state index in [1.807, 2.05) is 59.7 Å². The predicted octanol–water partition coefficient (Wildman–Crippen LogP) is 6.21. The normalized spacial score (nSPS) is 12.3. The number of benzene rings is 2. The lowest BCUT2D eigenvalue weighted by atomic mass is 9.84.